The average molecular weight is 239 g/mol. The number of halogens is 2. The molecule has 1 aromatic rings. The van der Waals surface area contributed by atoms with Gasteiger partial charge in [-0.15, -0.1) is 0 Å². The Morgan fingerprint density at radius 3 is 2.94 bits per heavy atom. The second-order valence-electron chi connectivity index (χ2n) is 4.08. The van der Waals surface area contributed by atoms with Crippen molar-refractivity contribution < 1.29 is 4.39 Å². The lowest BCUT2D eigenvalue weighted by atomic mass is 10.1. The Bertz CT molecular complexity index is 424. The van der Waals surface area contributed by atoms with Gasteiger partial charge in [0.2, 0.25) is 0 Å². The predicted molar refractivity (Wildman–Crippen MR) is 60.5 cm³/mol. The fourth-order valence-corrected chi connectivity index (χ4v) is 1.75. The minimum Gasteiger partial charge on any atom is -0.298 e. The van der Waals surface area contributed by atoms with Crippen molar-refractivity contribution >= 4 is 11.6 Å². The van der Waals surface area contributed by atoms with Gasteiger partial charge in [0, 0.05) is 10.6 Å². The maximum atomic E-state index is 13.5. The summed E-state index contributed by atoms with van der Waals surface area (Å²) in [5.41, 5.74) is 0.329. The van der Waals surface area contributed by atoms with E-state index < -0.39 is 6.04 Å². The van der Waals surface area contributed by atoms with Crippen molar-refractivity contribution in [2.75, 3.05) is 6.54 Å². The molecule has 84 valence electrons. The molecule has 1 saturated carbocycles. The molecule has 1 aliphatic rings. The molecule has 0 bridgehead atoms. The minimum atomic E-state index is -0.612. The molecule has 2 rings (SSSR count). The lowest BCUT2D eigenvalue weighted by molar-refractivity contribution is 0.548. The Kier molecular flexibility index (Phi) is 3.42. The van der Waals surface area contributed by atoms with Crippen LogP contribution in [0.5, 0.6) is 0 Å². The van der Waals surface area contributed by atoms with E-state index in [9.17, 15) is 4.39 Å². The van der Waals surface area contributed by atoms with Crippen LogP contribution < -0.4 is 5.32 Å². The van der Waals surface area contributed by atoms with Crippen LogP contribution in [0, 0.1) is 23.1 Å². The second-order valence-corrected chi connectivity index (χ2v) is 4.52. The van der Waals surface area contributed by atoms with E-state index in [0.717, 1.165) is 6.54 Å². The summed E-state index contributed by atoms with van der Waals surface area (Å²) in [6.45, 7) is 0.768. The Morgan fingerprint density at radius 2 is 2.31 bits per heavy atom. The van der Waals surface area contributed by atoms with Gasteiger partial charge in [0.15, 0.2) is 0 Å². The van der Waals surface area contributed by atoms with E-state index in [2.05, 4.69) is 11.4 Å². The van der Waals surface area contributed by atoms with E-state index in [1.54, 1.807) is 0 Å². The van der Waals surface area contributed by atoms with Crippen molar-refractivity contribution in [1.82, 2.24) is 5.32 Å². The van der Waals surface area contributed by atoms with Crippen LogP contribution in [0.15, 0.2) is 18.2 Å². The van der Waals surface area contributed by atoms with Crippen LogP contribution in [0.1, 0.15) is 24.4 Å². The molecular weight excluding hydrogens is 227 g/mol. The molecule has 1 aromatic carbocycles. The molecular formula is C12H12ClFN2. The molecule has 1 unspecified atom stereocenters. The second kappa shape index (κ2) is 4.82. The molecule has 16 heavy (non-hydrogen) atoms. The number of hydrogen-bond donors (Lipinski definition) is 1. The lowest BCUT2D eigenvalue weighted by Crippen LogP contribution is -2.23. The van der Waals surface area contributed by atoms with Gasteiger partial charge in [-0.05, 0) is 43.5 Å². The lowest BCUT2D eigenvalue weighted by Gasteiger charge is -2.12. The number of rotatable bonds is 4. The van der Waals surface area contributed by atoms with Gasteiger partial charge in [-0.2, -0.15) is 5.26 Å². The summed E-state index contributed by atoms with van der Waals surface area (Å²) in [5.74, 6) is 0.261. The zero-order valence-corrected chi connectivity index (χ0v) is 9.47. The predicted octanol–water partition coefficient (Wildman–Crippen LogP) is 3.04. The SMILES string of the molecule is N#CC(NCC1CC1)c1cc(Cl)ccc1F. The van der Waals surface area contributed by atoms with Crippen LogP contribution in [0.4, 0.5) is 4.39 Å². The Balaban J connectivity index is 2.11. The van der Waals surface area contributed by atoms with Crippen LogP contribution in [0.3, 0.4) is 0 Å². The Hall–Kier alpha value is -1.11. The largest absolute Gasteiger partial charge is 0.298 e. The van der Waals surface area contributed by atoms with Crippen molar-refractivity contribution in [3.63, 3.8) is 0 Å². The topological polar surface area (TPSA) is 35.8 Å². The highest BCUT2D eigenvalue weighted by atomic mass is 35.5. The van der Waals surface area contributed by atoms with Crippen molar-refractivity contribution in [2.45, 2.75) is 18.9 Å². The molecule has 2 nitrogen and oxygen atoms in total. The first kappa shape index (κ1) is 11.4. The molecule has 1 N–H and O–H groups in total. The van der Waals surface area contributed by atoms with Crippen molar-refractivity contribution in [3.8, 4) is 6.07 Å². The minimum absolute atomic E-state index is 0.329. The van der Waals surface area contributed by atoms with Crippen LogP contribution in [0.2, 0.25) is 5.02 Å². The standard InChI is InChI=1S/C12H12ClFN2/c13-9-3-4-11(14)10(5-9)12(6-15)16-7-8-1-2-8/h3-5,8,12,16H,1-2,7H2. The maximum absolute atomic E-state index is 13.5. The van der Waals surface area contributed by atoms with Gasteiger partial charge in [0.25, 0.3) is 0 Å². The van der Waals surface area contributed by atoms with Crippen molar-refractivity contribution in [2.24, 2.45) is 5.92 Å². The van der Waals surface area contributed by atoms with E-state index >= 15 is 0 Å². The molecule has 0 saturated heterocycles. The molecule has 1 atom stereocenters. The summed E-state index contributed by atoms with van der Waals surface area (Å²) in [6.07, 6.45) is 2.40. The molecule has 1 aliphatic carbocycles. The van der Waals surface area contributed by atoms with E-state index in [0.29, 0.717) is 16.5 Å². The molecule has 0 aliphatic heterocycles. The summed E-state index contributed by atoms with van der Waals surface area (Å²) in [6, 6.07) is 5.73. The first-order chi connectivity index (χ1) is 7.70. The smallest absolute Gasteiger partial charge is 0.129 e. The number of benzene rings is 1. The van der Waals surface area contributed by atoms with Crippen LogP contribution in [-0.2, 0) is 0 Å². The van der Waals surface area contributed by atoms with Gasteiger partial charge < -0.3 is 0 Å². The molecule has 0 spiro atoms. The maximum Gasteiger partial charge on any atom is 0.129 e. The number of nitrogens with one attached hydrogen (secondary N) is 1. The summed E-state index contributed by atoms with van der Waals surface area (Å²) in [4.78, 5) is 0. The highest BCUT2D eigenvalue weighted by molar-refractivity contribution is 6.30. The van der Waals surface area contributed by atoms with Gasteiger partial charge >= 0.3 is 0 Å². The van der Waals surface area contributed by atoms with E-state index in [-0.39, 0.29) is 5.82 Å². The molecule has 0 heterocycles. The van der Waals surface area contributed by atoms with Gasteiger partial charge in [-0.3, -0.25) is 5.32 Å². The molecule has 4 heteroatoms. The number of nitriles is 1. The van der Waals surface area contributed by atoms with Crippen molar-refractivity contribution in [3.05, 3.63) is 34.6 Å². The quantitative estimate of drug-likeness (QED) is 0.875. The molecule has 0 amide bonds. The third kappa shape index (κ3) is 2.72. The van der Waals surface area contributed by atoms with E-state index in [4.69, 9.17) is 16.9 Å². The van der Waals surface area contributed by atoms with Gasteiger partial charge in [-0.25, -0.2) is 4.39 Å². The molecule has 1 fully saturated rings. The zero-order chi connectivity index (χ0) is 11.5. The van der Waals surface area contributed by atoms with Crippen LogP contribution >= 0.6 is 11.6 Å². The fourth-order valence-electron chi connectivity index (χ4n) is 1.57. The number of nitrogens with zero attached hydrogens (tertiary/aromatic N) is 1. The summed E-state index contributed by atoms with van der Waals surface area (Å²) in [5, 5.41) is 12.5. The molecule has 0 aromatic heterocycles. The third-order valence-electron chi connectivity index (χ3n) is 2.71. The third-order valence-corrected chi connectivity index (χ3v) is 2.94. The molecule has 0 radical (unpaired) electrons. The number of hydrogen-bond acceptors (Lipinski definition) is 2. The highest BCUT2D eigenvalue weighted by Crippen LogP contribution is 2.29. The Morgan fingerprint density at radius 1 is 1.56 bits per heavy atom. The monoisotopic (exact) mass is 238 g/mol. The first-order valence-electron chi connectivity index (χ1n) is 5.28. The van der Waals surface area contributed by atoms with E-state index in [1.165, 1.54) is 31.0 Å². The van der Waals surface area contributed by atoms with Crippen LogP contribution in [0.25, 0.3) is 0 Å². The summed E-state index contributed by atoms with van der Waals surface area (Å²) in [7, 11) is 0. The normalized spacial score (nSPS) is 16.8. The van der Waals surface area contributed by atoms with Crippen LogP contribution in [-0.4, -0.2) is 6.54 Å². The van der Waals surface area contributed by atoms with Gasteiger partial charge in [0.05, 0.1) is 6.07 Å². The first-order valence-corrected chi connectivity index (χ1v) is 5.66. The average Bonchev–Trinajstić information content (AvgIpc) is 3.07. The highest BCUT2D eigenvalue weighted by Gasteiger charge is 2.23. The van der Waals surface area contributed by atoms with E-state index in [1.807, 2.05) is 0 Å². The van der Waals surface area contributed by atoms with Gasteiger partial charge in [-0.1, -0.05) is 11.6 Å². The summed E-state index contributed by atoms with van der Waals surface area (Å²) < 4.78 is 13.5. The summed E-state index contributed by atoms with van der Waals surface area (Å²) >= 11 is 5.79. The fraction of sp³-hybridized carbons (Fsp3) is 0.417. The Labute approximate surface area is 99.0 Å². The zero-order valence-electron chi connectivity index (χ0n) is 8.71. The van der Waals surface area contributed by atoms with Crippen molar-refractivity contribution in [1.29, 1.82) is 5.26 Å². The van der Waals surface area contributed by atoms with Gasteiger partial charge in [0.1, 0.15) is 11.9 Å².